The molecule has 5 nitrogen and oxygen atoms in total. The van der Waals surface area contributed by atoms with Crippen molar-refractivity contribution in [2.45, 2.75) is 46.0 Å². The van der Waals surface area contributed by atoms with Crippen LogP contribution in [-0.2, 0) is 9.59 Å². The quantitative estimate of drug-likeness (QED) is 0.555. The van der Waals surface area contributed by atoms with Crippen LogP contribution in [0.3, 0.4) is 0 Å². The summed E-state index contributed by atoms with van der Waals surface area (Å²) in [6.07, 6.45) is 2.96. The van der Waals surface area contributed by atoms with Crippen molar-refractivity contribution in [3.8, 4) is 0 Å². The van der Waals surface area contributed by atoms with Gasteiger partial charge in [-0.3, -0.25) is 14.5 Å². The Morgan fingerprint density at radius 1 is 0.923 bits per heavy atom. The predicted octanol–water partition coefficient (Wildman–Crippen LogP) is 3.99. The van der Waals surface area contributed by atoms with Gasteiger partial charge in [0.15, 0.2) is 0 Å². The molecule has 138 valence electrons. The lowest BCUT2D eigenvalue weighted by atomic mass is 10.1. The number of nitrogens with zero attached hydrogens (tertiary/aromatic N) is 1. The maximum atomic E-state index is 13.0. The minimum absolute atomic E-state index is 0.00905. The zero-order valence-electron chi connectivity index (χ0n) is 15.5. The lowest BCUT2D eigenvalue weighted by molar-refractivity contribution is -0.118. The topological polar surface area (TPSA) is 89.4 Å². The average Bonchev–Trinajstić information content (AvgIpc) is 2.60. The highest BCUT2D eigenvalue weighted by Crippen LogP contribution is 2.33. The number of aryl methyl sites for hydroxylation is 2. The van der Waals surface area contributed by atoms with Gasteiger partial charge in [-0.25, -0.2) is 0 Å². The van der Waals surface area contributed by atoms with E-state index in [0.29, 0.717) is 37.1 Å². The van der Waals surface area contributed by atoms with Crippen LogP contribution in [0.1, 0.15) is 43.2 Å². The molecule has 2 rings (SSSR count). The molecule has 2 amide bonds. The highest BCUT2D eigenvalue weighted by atomic mass is 16.2. The summed E-state index contributed by atoms with van der Waals surface area (Å²) in [6, 6.07) is 13.5. The van der Waals surface area contributed by atoms with Crippen LogP contribution in [0, 0.1) is 13.8 Å². The molecule has 0 aromatic heterocycles. The summed E-state index contributed by atoms with van der Waals surface area (Å²) in [7, 11) is 0. The van der Waals surface area contributed by atoms with Crippen molar-refractivity contribution in [3.63, 3.8) is 0 Å². The number of amides is 2. The zero-order chi connectivity index (χ0) is 19.1. The van der Waals surface area contributed by atoms with Crippen LogP contribution in [0.5, 0.6) is 0 Å². The van der Waals surface area contributed by atoms with Gasteiger partial charge in [0, 0.05) is 18.5 Å². The fraction of sp³-hybridized carbons (Fsp3) is 0.333. The molecule has 0 atom stereocenters. The number of anilines is 3. The first kappa shape index (κ1) is 19.5. The van der Waals surface area contributed by atoms with Gasteiger partial charge in [-0.2, -0.15) is 0 Å². The highest BCUT2D eigenvalue weighted by molar-refractivity contribution is 6.03. The molecule has 0 saturated heterocycles. The van der Waals surface area contributed by atoms with Gasteiger partial charge in [0.2, 0.25) is 11.8 Å². The molecule has 0 radical (unpaired) electrons. The number of nitrogens with two attached hydrogens (primary N) is 2. The van der Waals surface area contributed by atoms with Gasteiger partial charge in [-0.05, 0) is 50.5 Å². The minimum atomic E-state index is -0.301. The second-order valence-corrected chi connectivity index (χ2v) is 6.60. The van der Waals surface area contributed by atoms with Crippen molar-refractivity contribution < 1.29 is 9.59 Å². The summed E-state index contributed by atoms with van der Waals surface area (Å²) >= 11 is 0. The molecule has 0 fully saturated rings. The lowest BCUT2D eigenvalue weighted by Gasteiger charge is -2.25. The van der Waals surface area contributed by atoms with Crippen molar-refractivity contribution in [2.24, 2.45) is 5.73 Å². The summed E-state index contributed by atoms with van der Waals surface area (Å²) < 4.78 is 0. The standard InChI is InChI=1S/C21H27N3O2/c1-15-11-13-17(14-12-15)24(18-8-6-7-16(2)21(18)23)20(26)10-5-3-4-9-19(22)25/h6-8,11-14H,3-5,9-10,23H2,1-2H3,(H2,22,25). The van der Waals surface area contributed by atoms with E-state index in [4.69, 9.17) is 11.5 Å². The molecule has 0 heterocycles. The van der Waals surface area contributed by atoms with Crippen molar-refractivity contribution in [3.05, 3.63) is 53.6 Å². The van der Waals surface area contributed by atoms with Crippen molar-refractivity contribution in [1.82, 2.24) is 0 Å². The Labute approximate surface area is 155 Å². The number of unbranched alkanes of at least 4 members (excludes halogenated alkanes) is 2. The van der Waals surface area contributed by atoms with Crippen LogP contribution in [0.2, 0.25) is 0 Å². The molecule has 2 aromatic carbocycles. The monoisotopic (exact) mass is 353 g/mol. The van der Waals surface area contributed by atoms with Gasteiger partial charge in [0.1, 0.15) is 0 Å². The summed E-state index contributed by atoms with van der Waals surface area (Å²) in [5.74, 6) is -0.310. The Kier molecular flexibility index (Phi) is 6.78. The van der Waals surface area contributed by atoms with E-state index in [1.807, 2.05) is 56.3 Å². The third kappa shape index (κ3) is 5.09. The van der Waals surface area contributed by atoms with Crippen LogP contribution in [-0.4, -0.2) is 11.8 Å². The number of nitrogen functional groups attached to an aromatic ring is 1. The summed E-state index contributed by atoms with van der Waals surface area (Å²) in [5, 5.41) is 0. The van der Waals surface area contributed by atoms with Crippen LogP contribution in [0.25, 0.3) is 0 Å². The maximum Gasteiger partial charge on any atom is 0.231 e. The van der Waals surface area contributed by atoms with Crippen molar-refractivity contribution in [1.29, 1.82) is 0 Å². The molecule has 26 heavy (non-hydrogen) atoms. The molecule has 0 saturated carbocycles. The van der Waals surface area contributed by atoms with Crippen molar-refractivity contribution in [2.75, 3.05) is 10.6 Å². The highest BCUT2D eigenvalue weighted by Gasteiger charge is 2.20. The maximum absolute atomic E-state index is 13.0. The number of para-hydroxylation sites is 1. The van der Waals surface area contributed by atoms with E-state index in [0.717, 1.165) is 23.2 Å². The number of rotatable bonds is 8. The Balaban J connectivity index is 2.20. The van der Waals surface area contributed by atoms with Gasteiger partial charge in [-0.1, -0.05) is 36.2 Å². The smallest absolute Gasteiger partial charge is 0.231 e. The fourth-order valence-electron chi connectivity index (χ4n) is 2.84. The number of hydrogen-bond donors (Lipinski definition) is 2. The lowest BCUT2D eigenvalue weighted by Crippen LogP contribution is -2.26. The first-order chi connectivity index (χ1) is 12.4. The normalized spacial score (nSPS) is 10.5. The molecular weight excluding hydrogens is 326 g/mol. The van der Waals surface area contributed by atoms with Crippen molar-refractivity contribution >= 4 is 28.9 Å². The zero-order valence-corrected chi connectivity index (χ0v) is 15.5. The number of carbonyl (C=O) groups excluding carboxylic acids is 2. The molecule has 0 bridgehead atoms. The Bertz CT molecular complexity index is 769. The molecule has 2 aromatic rings. The number of carbonyl (C=O) groups is 2. The number of hydrogen-bond acceptors (Lipinski definition) is 3. The Hall–Kier alpha value is -2.82. The van der Waals surface area contributed by atoms with Crippen LogP contribution in [0.15, 0.2) is 42.5 Å². The number of primary amides is 1. The number of benzene rings is 2. The average molecular weight is 353 g/mol. The van der Waals surface area contributed by atoms with Gasteiger partial charge in [-0.15, -0.1) is 0 Å². The van der Waals surface area contributed by atoms with E-state index in [9.17, 15) is 9.59 Å². The first-order valence-electron chi connectivity index (χ1n) is 8.93. The fourth-order valence-corrected chi connectivity index (χ4v) is 2.84. The van der Waals surface area contributed by atoms with Crippen LogP contribution in [0.4, 0.5) is 17.1 Å². The molecule has 5 heteroatoms. The van der Waals surface area contributed by atoms with Crippen LogP contribution >= 0.6 is 0 Å². The molecule has 0 aliphatic rings. The predicted molar refractivity (Wildman–Crippen MR) is 106 cm³/mol. The van der Waals surface area contributed by atoms with E-state index in [2.05, 4.69) is 0 Å². The third-order valence-corrected chi connectivity index (χ3v) is 4.40. The summed E-state index contributed by atoms with van der Waals surface area (Å²) in [4.78, 5) is 25.5. The Morgan fingerprint density at radius 2 is 1.58 bits per heavy atom. The second kappa shape index (κ2) is 9.04. The van der Waals surface area contributed by atoms with E-state index in [1.54, 1.807) is 4.90 Å². The van der Waals surface area contributed by atoms with Gasteiger partial charge < -0.3 is 11.5 Å². The SMILES string of the molecule is Cc1ccc(N(C(=O)CCCCCC(N)=O)c2cccc(C)c2N)cc1. The third-order valence-electron chi connectivity index (χ3n) is 4.40. The molecule has 0 aliphatic heterocycles. The first-order valence-corrected chi connectivity index (χ1v) is 8.93. The van der Waals surface area contributed by atoms with Gasteiger partial charge in [0.05, 0.1) is 11.4 Å². The van der Waals surface area contributed by atoms with Gasteiger partial charge in [0.25, 0.3) is 0 Å². The van der Waals surface area contributed by atoms with Gasteiger partial charge >= 0.3 is 0 Å². The van der Waals surface area contributed by atoms with Crippen LogP contribution < -0.4 is 16.4 Å². The molecule has 4 N–H and O–H groups in total. The van der Waals surface area contributed by atoms with E-state index in [1.165, 1.54) is 0 Å². The summed E-state index contributed by atoms with van der Waals surface area (Å²) in [5.41, 5.74) is 15.6. The van der Waals surface area contributed by atoms with E-state index < -0.39 is 0 Å². The molecule has 0 aliphatic carbocycles. The van der Waals surface area contributed by atoms with E-state index >= 15 is 0 Å². The minimum Gasteiger partial charge on any atom is -0.397 e. The summed E-state index contributed by atoms with van der Waals surface area (Å²) in [6.45, 7) is 3.94. The Morgan fingerprint density at radius 3 is 2.23 bits per heavy atom. The molecule has 0 spiro atoms. The largest absolute Gasteiger partial charge is 0.397 e. The second-order valence-electron chi connectivity index (χ2n) is 6.60. The molecular formula is C21H27N3O2. The van der Waals surface area contributed by atoms with E-state index in [-0.39, 0.29) is 11.8 Å². The molecule has 0 unspecified atom stereocenters.